The molecule has 2 amide bonds. The van der Waals surface area contributed by atoms with Gasteiger partial charge in [0.1, 0.15) is 6.04 Å². The lowest BCUT2D eigenvalue weighted by Crippen LogP contribution is -2.50. The number of carbonyl (C=O) groups is 2. The first kappa shape index (κ1) is 15.9. The molecule has 1 aliphatic rings. The van der Waals surface area contributed by atoms with Gasteiger partial charge in [-0.2, -0.15) is 5.10 Å². The summed E-state index contributed by atoms with van der Waals surface area (Å²) in [4.78, 5) is 38.8. The van der Waals surface area contributed by atoms with E-state index in [0.717, 1.165) is 6.41 Å². The zero-order chi connectivity index (χ0) is 17.1. The Hall–Kier alpha value is -2.97. The van der Waals surface area contributed by atoms with Crippen LogP contribution in [0.25, 0.3) is 5.82 Å². The number of aromatic nitrogens is 4. The molecule has 9 nitrogen and oxygen atoms in total. The minimum Gasteiger partial charge on any atom is -0.342 e. The summed E-state index contributed by atoms with van der Waals surface area (Å²) in [7, 11) is 0. The maximum absolute atomic E-state index is 12.6. The largest absolute Gasteiger partial charge is 0.342 e. The highest BCUT2D eigenvalue weighted by atomic mass is 16.2. The lowest BCUT2D eigenvalue weighted by Gasteiger charge is -2.34. The number of hydrogen-bond acceptors (Lipinski definition) is 5. The highest BCUT2D eigenvalue weighted by Crippen LogP contribution is 2.10. The Morgan fingerprint density at radius 3 is 2.62 bits per heavy atom. The number of carbonyl (C=O) groups excluding carboxylic acids is 2. The predicted octanol–water partition coefficient (Wildman–Crippen LogP) is -0.709. The van der Waals surface area contributed by atoms with Gasteiger partial charge >= 0.3 is 0 Å². The van der Waals surface area contributed by atoms with E-state index in [-0.39, 0.29) is 11.5 Å². The molecule has 2 aromatic heterocycles. The van der Waals surface area contributed by atoms with Crippen molar-refractivity contribution in [2.24, 2.45) is 0 Å². The number of amides is 2. The van der Waals surface area contributed by atoms with Crippen LogP contribution in [0.4, 0.5) is 0 Å². The SMILES string of the molecule is CC(C(=O)N1CCN(C=O)CC1)n1nc(-n2cccn2)ccc1=O. The van der Waals surface area contributed by atoms with Crippen molar-refractivity contribution in [3.63, 3.8) is 0 Å². The zero-order valence-electron chi connectivity index (χ0n) is 13.3. The van der Waals surface area contributed by atoms with Gasteiger partial charge in [0.25, 0.3) is 5.56 Å². The van der Waals surface area contributed by atoms with Crippen molar-refractivity contribution in [3.8, 4) is 5.82 Å². The van der Waals surface area contributed by atoms with Crippen LogP contribution in [0.3, 0.4) is 0 Å². The van der Waals surface area contributed by atoms with E-state index in [2.05, 4.69) is 10.2 Å². The van der Waals surface area contributed by atoms with Crippen LogP contribution in [0.5, 0.6) is 0 Å². The van der Waals surface area contributed by atoms with Crippen LogP contribution >= 0.6 is 0 Å². The molecule has 0 spiro atoms. The Morgan fingerprint density at radius 1 is 1.25 bits per heavy atom. The fraction of sp³-hybridized carbons (Fsp3) is 0.400. The molecule has 1 aliphatic heterocycles. The molecule has 0 aliphatic carbocycles. The average Bonchev–Trinajstić information content (AvgIpc) is 3.15. The number of nitrogens with zero attached hydrogens (tertiary/aromatic N) is 6. The summed E-state index contributed by atoms with van der Waals surface area (Å²) >= 11 is 0. The van der Waals surface area contributed by atoms with Gasteiger partial charge in [0.15, 0.2) is 5.82 Å². The maximum atomic E-state index is 12.6. The summed E-state index contributed by atoms with van der Waals surface area (Å²) in [5.74, 6) is 0.276. The third-order valence-electron chi connectivity index (χ3n) is 4.05. The molecular weight excluding hydrogens is 312 g/mol. The second-order valence-electron chi connectivity index (χ2n) is 5.57. The van der Waals surface area contributed by atoms with Gasteiger partial charge in [-0.15, -0.1) is 5.10 Å². The topological polar surface area (TPSA) is 93.3 Å². The number of piperazine rings is 1. The Balaban J connectivity index is 1.80. The van der Waals surface area contributed by atoms with Gasteiger partial charge in [0, 0.05) is 44.6 Å². The van der Waals surface area contributed by atoms with Gasteiger partial charge in [0.05, 0.1) is 0 Å². The lowest BCUT2D eigenvalue weighted by molar-refractivity contribution is -0.138. The van der Waals surface area contributed by atoms with E-state index in [4.69, 9.17) is 0 Å². The molecule has 3 rings (SSSR count). The van der Waals surface area contributed by atoms with Crippen LogP contribution in [0, 0.1) is 0 Å². The first-order valence-electron chi connectivity index (χ1n) is 7.68. The average molecular weight is 330 g/mol. The number of hydrogen-bond donors (Lipinski definition) is 0. The Bertz CT molecular complexity index is 777. The van der Waals surface area contributed by atoms with E-state index < -0.39 is 6.04 Å². The molecule has 0 saturated carbocycles. The summed E-state index contributed by atoms with van der Waals surface area (Å²) < 4.78 is 2.70. The van der Waals surface area contributed by atoms with Gasteiger partial charge in [-0.1, -0.05) is 0 Å². The monoisotopic (exact) mass is 330 g/mol. The molecule has 9 heteroatoms. The van der Waals surface area contributed by atoms with E-state index in [9.17, 15) is 14.4 Å². The van der Waals surface area contributed by atoms with Gasteiger partial charge in [-0.25, -0.2) is 9.36 Å². The van der Waals surface area contributed by atoms with Crippen LogP contribution < -0.4 is 5.56 Å². The molecule has 1 saturated heterocycles. The molecule has 0 aromatic carbocycles. The first-order chi connectivity index (χ1) is 11.6. The highest BCUT2D eigenvalue weighted by molar-refractivity contribution is 5.80. The molecule has 2 aromatic rings. The van der Waals surface area contributed by atoms with E-state index in [1.54, 1.807) is 41.2 Å². The molecule has 0 N–H and O–H groups in total. The quantitative estimate of drug-likeness (QED) is 0.691. The fourth-order valence-corrected chi connectivity index (χ4v) is 2.64. The van der Waals surface area contributed by atoms with Crippen molar-refractivity contribution in [2.45, 2.75) is 13.0 Å². The fourth-order valence-electron chi connectivity index (χ4n) is 2.64. The van der Waals surface area contributed by atoms with Crippen LogP contribution in [-0.4, -0.2) is 67.9 Å². The lowest BCUT2D eigenvalue weighted by atomic mass is 10.2. The van der Waals surface area contributed by atoms with Gasteiger partial charge in [-0.3, -0.25) is 14.4 Å². The Kier molecular flexibility index (Phi) is 4.41. The van der Waals surface area contributed by atoms with Gasteiger partial charge in [-0.05, 0) is 19.1 Å². The second-order valence-corrected chi connectivity index (χ2v) is 5.57. The van der Waals surface area contributed by atoms with E-state index >= 15 is 0 Å². The van der Waals surface area contributed by atoms with Crippen molar-refractivity contribution in [1.82, 2.24) is 29.4 Å². The molecular formula is C15H18N6O3. The predicted molar refractivity (Wildman–Crippen MR) is 84.5 cm³/mol. The van der Waals surface area contributed by atoms with Gasteiger partial charge < -0.3 is 9.80 Å². The van der Waals surface area contributed by atoms with Crippen LogP contribution in [0.1, 0.15) is 13.0 Å². The van der Waals surface area contributed by atoms with Crippen LogP contribution in [0.2, 0.25) is 0 Å². The summed E-state index contributed by atoms with van der Waals surface area (Å²) in [5, 5.41) is 8.33. The number of rotatable bonds is 4. The van der Waals surface area contributed by atoms with Crippen molar-refractivity contribution in [2.75, 3.05) is 26.2 Å². The minimum absolute atomic E-state index is 0.187. The summed E-state index contributed by atoms with van der Waals surface area (Å²) in [6, 6.07) is 3.96. The Labute approximate surface area is 138 Å². The molecule has 24 heavy (non-hydrogen) atoms. The third kappa shape index (κ3) is 3.05. The molecule has 126 valence electrons. The smallest absolute Gasteiger partial charge is 0.267 e. The van der Waals surface area contributed by atoms with Crippen molar-refractivity contribution >= 4 is 12.3 Å². The zero-order valence-corrected chi connectivity index (χ0v) is 13.3. The third-order valence-corrected chi connectivity index (χ3v) is 4.05. The van der Waals surface area contributed by atoms with Crippen LogP contribution in [-0.2, 0) is 9.59 Å². The van der Waals surface area contributed by atoms with Crippen molar-refractivity contribution < 1.29 is 9.59 Å². The van der Waals surface area contributed by atoms with Crippen molar-refractivity contribution in [3.05, 3.63) is 40.9 Å². The second kappa shape index (κ2) is 6.65. The highest BCUT2D eigenvalue weighted by Gasteiger charge is 2.26. The van der Waals surface area contributed by atoms with Crippen molar-refractivity contribution in [1.29, 1.82) is 0 Å². The summed E-state index contributed by atoms with van der Waals surface area (Å²) in [6.45, 7) is 3.55. The molecule has 1 fully saturated rings. The normalized spacial score (nSPS) is 16.0. The standard InChI is InChI=1S/C15H18N6O3/c1-12(15(24)19-9-7-18(11-22)8-10-19)21-14(23)4-3-13(17-21)20-6-2-5-16-20/h2-6,11-12H,7-10H2,1H3. The van der Waals surface area contributed by atoms with E-state index in [1.807, 2.05) is 0 Å². The molecule has 1 unspecified atom stereocenters. The summed E-state index contributed by atoms with van der Waals surface area (Å²) in [5.41, 5.74) is -0.349. The van der Waals surface area contributed by atoms with Gasteiger partial charge in [0.2, 0.25) is 12.3 Å². The minimum atomic E-state index is -0.726. The van der Waals surface area contributed by atoms with E-state index in [1.165, 1.54) is 15.4 Å². The molecule has 3 heterocycles. The first-order valence-corrected chi connectivity index (χ1v) is 7.68. The van der Waals surface area contributed by atoms with Crippen LogP contribution in [0.15, 0.2) is 35.4 Å². The van der Waals surface area contributed by atoms with E-state index in [0.29, 0.717) is 32.0 Å². The maximum Gasteiger partial charge on any atom is 0.267 e. The molecule has 1 atom stereocenters. The molecule has 0 radical (unpaired) electrons. The summed E-state index contributed by atoms with van der Waals surface area (Å²) in [6.07, 6.45) is 4.10. The Morgan fingerprint density at radius 2 is 2.00 bits per heavy atom. The molecule has 0 bridgehead atoms.